The average Bonchev–Trinajstić information content (AvgIpc) is 2.69. The van der Waals surface area contributed by atoms with Crippen molar-refractivity contribution < 1.29 is 14.3 Å². The van der Waals surface area contributed by atoms with Crippen LogP contribution in [0.3, 0.4) is 0 Å². The highest BCUT2D eigenvalue weighted by atomic mass is 19.1. The van der Waals surface area contributed by atoms with Gasteiger partial charge < -0.3 is 10.0 Å². The summed E-state index contributed by atoms with van der Waals surface area (Å²) in [5.41, 5.74) is 0.179. The van der Waals surface area contributed by atoms with Gasteiger partial charge in [-0.1, -0.05) is 12.8 Å². The Kier molecular flexibility index (Phi) is 5.02. The Morgan fingerprint density at radius 3 is 2.75 bits per heavy atom. The second-order valence-electron chi connectivity index (χ2n) is 7.86. The molecule has 6 nitrogen and oxygen atoms in total. The van der Waals surface area contributed by atoms with Gasteiger partial charge in [-0.2, -0.15) is 5.10 Å². The number of halogens is 1. The molecule has 7 heteroatoms. The number of amides is 1. The van der Waals surface area contributed by atoms with Crippen LogP contribution >= 0.6 is 0 Å². The molecule has 1 amide bonds. The highest BCUT2D eigenvalue weighted by Crippen LogP contribution is 2.39. The van der Waals surface area contributed by atoms with Gasteiger partial charge in [-0.25, -0.2) is 9.07 Å². The summed E-state index contributed by atoms with van der Waals surface area (Å²) >= 11 is 0. The van der Waals surface area contributed by atoms with Gasteiger partial charge in [-0.05, 0) is 49.6 Å². The maximum atomic E-state index is 13.1. The van der Waals surface area contributed by atoms with Crippen LogP contribution in [0.15, 0.2) is 41.2 Å². The Morgan fingerprint density at radius 1 is 1.18 bits per heavy atom. The van der Waals surface area contributed by atoms with Gasteiger partial charge in [-0.3, -0.25) is 9.59 Å². The molecule has 2 atom stereocenters. The lowest BCUT2D eigenvalue weighted by Gasteiger charge is -2.47. The van der Waals surface area contributed by atoms with Crippen LogP contribution in [-0.2, 0) is 11.3 Å². The minimum atomic E-state index is -0.646. The van der Waals surface area contributed by atoms with Gasteiger partial charge in [-0.15, -0.1) is 0 Å². The zero-order valence-corrected chi connectivity index (χ0v) is 15.7. The smallest absolute Gasteiger partial charge is 0.267 e. The Hall–Kier alpha value is -2.54. The van der Waals surface area contributed by atoms with Crippen molar-refractivity contribution in [3.8, 4) is 11.3 Å². The first-order chi connectivity index (χ1) is 13.4. The maximum Gasteiger partial charge on any atom is 0.267 e. The van der Waals surface area contributed by atoms with Gasteiger partial charge in [0.15, 0.2) is 0 Å². The van der Waals surface area contributed by atoms with Crippen molar-refractivity contribution in [3.05, 3.63) is 52.6 Å². The fourth-order valence-corrected chi connectivity index (χ4v) is 4.36. The van der Waals surface area contributed by atoms with E-state index >= 15 is 0 Å². The quantitative estimate of drug-likeness (QED) is 0.879. The van der Waals surface area contributed by atoms with Crippen LogP contribution in [0.25, 0.3) is 11.3 Å². The molecule has 1 saturated carbocycles. The van der Waals surface area contributed by atoms with Crippen LogP contribution < -0.4 is 5.56 Å². The summed E-state index contributed by atoms with van der Waals surface area (Å²) in [4.78, 5) is 26.7. The van der Waals surface area contributed by atoms with Crippen molar-refractivity contribution in [1.82, 2.24) is 14.7 Å². The van der Waals surface area contributed by atoms with Crippen molar-refractivity contribution in [1.29, 1.82) is 0 Å². The first-order valence-electron chi connectivity index (χ1n) is 9.79. The van der Waals surface area contributed by atoms with Crippen molar-refractivity contribution >= 4 is 5.91 Å². The molecular formula is C21H24FN3O3. The minimum absolute atomic E-state index is 0.106. The zero-order chi connectivity index (χ0) is 19.7. The molecule has 1 aromatic carbocycles. The number of benzene rings is 1. The van der Waals surface area contributed by atoms with Gasteiger partial charge in [0.2, 0.25) is 5.91 Å². The lowest BCUT2D eigenvalue weighted by molar-refractivity contribution is -0.144. The molecule has 1 saturated heterocycles. The summed E-state index contributed by atoms with van der Waals surface area (Å²) in [6, 6.07) is 8.77. The molecule has 1 aliphatic carbocycles. The molecule has 1 aromatic heterocycles. The van der Waals surface area contributed by atoms with E-state index in [4.69, 9.17) is 0 Å². The number of hydrogen-bond donors (Lipinski definition) is 1. The lowest BCUT2D eigenvalue weighted by atomic mass is 9.71. The third-order valence-corrected chi connectivity index (χ3v) is 6.07. The first kappa shape index (κ1) is 18.8. The second-order valence-corrected chi connectivity index (χ2v) is 7.86. The number of aliphatic hydroxyl groups is 1. The van der Waals surface area contributed by atoms with E-state index in [-0.39, 0.29) is 29.7 Å². The zero-order valence-electron chi connectivity index (χ0n) is 15.7. The second kappa shape index (κ2) is 7.47. The lowest BCUT2D eigenvalue weighted by Crippen LogP contribution is -2.55. The number of piperidine rings is 1. The topological polar surface area (TPSA) is 75.4 Å². The summed E-state index contributed by atoms with van der Waals surface area (Å²) < 4.78 is 14.3. The van der Waals surface area contributed by atoms with E-state index in [1.807, 2.05) is 0 Å². The van der Waals surface area contributed by atoms with Gasteiger partial charge in [0, 0.05) is 30.6 Å². The van der Waals surface area contributed by atoms with Crippen LogP contribution in [0.4, 0.5) is 4.39 Å². The minimum Gasteiger partial charge on any atom is -0.389 e. The normalized spacial score (nSPS) is 24.6. The van der Waals surface area contributed by atoms with E-state index in [9.17, 15) is 19.1 Å². The van der Waals surface area contributed by atoms with Gasteiger partial charge in [0.1, 0.15) is 12.4 Å². The molecule has 0 radical (unpaired) electrons. The van der Waals surface area contributed by atoms with E-state index in [1.165, 1.54) is 18.2 Å². The maximum absolute atomic E-state index is 13.1. The molecule has 2 aromatic rings. The number of hydrogen-bond acceptors (Lipinski definition) is 4. The third-order valence-electron chi connectivity index (χ3n) is 6.07. The van der Waals surface area contributed by atoms with E-state index in [1.54, 1.807) is 23.1 Å². The SMILES string of the molecule is O=C(Cn1nc(-c2ccc(F)cc2)ccc1=O)N1CC[C@@]2(O)CCCC[C@@H]2C1. The molecule has 2 fully saturated rings. The first-order valence-corrected chi connectivity index (χ1v) is 9.79. The van der Waals surface area contributed by atoms with E-state index in [2.05, 4.69) is 5.10 Å². The number of rotatable bonds is 3. The predicted molar refractivity (Wildman–Crippen MR) is 102 cm³/mol. The van der Waals surface area contributed by atoms with Crippen LogP contribution in [0.2, 0.25) is 0 Å². The van der Waals surface area contributed by atoms with E-state index < -0.39 is 5.60 Å². The van der Waals surface area contributed by atoms with Gasteiger partial charge >= 0.3 is 0 Å². The molecule has 0 bridgehead atoms. The molecule has 0 spiro atoms. The average molecular weight is 385 g/mol. The molecule has 4 rings (SSSR count). The fourth-order valence-electron chi connectivity index (χ4n) is 4.36. The van der Waals surface area contributed by atoms with Crippen LogP contribution in [-0.4, -0.2) is 44.4 Å². The van der Waals surface area contributed by atoms with Crippen LogP contribution in [0, 0.1) is 11.7 Å². The van der Waals surface area contributed by atoms with E-state index in [0.29, 0.717) is 30.8 Å². The summed E-state index contributed by atoms with van der Waals surface area (Å²) in [5, 5.41) is 15.1. The predicted octanol–water partition coefficient (Wildman–Crippen LogP) is 2.20. The summed E-state index contributed by atoms with van der Waals surface area (Å²) in [5.74, 6) is -0.410. The van der Waals surface area contributed by atoms with Crippen molar-refractivity contribution in [3.63, 3.8) is 0 Å². The number of nitrogens with zero attached hydrogens (tertiary/aromatic N) is 3. The molecular weight excluding hydrogens is 361 g/mol. The van der Waals surface area contributed by atoms with E-state index in [0.717, 1.165) is 30.4 Å². The Bertz CT molecular complexity index is 927. The van der Waals surface area contributed by atoms with Gasteiger partial charge in [0.25, 0.3) is 5.56 Å². The number of likely N-dealkylation sites (tertiary alicyclic amines) is 1. The summed E-state index contributed by atoms with van der Waals surface area (Å²) in [6.07, 6.45) is 4.44. The molecule has 2 heterocycles. The monoisotopic (exact) mass is 385 g/mol. The Balaban J connectivity index is 1.49. The summed E-state index contributed by atoms with van der Waals surface area (Å²) in [6.45, 7) is 0.888. The summed E-state index contributed by atoms with van der Waals surface area (Å²) in [7, 11) is 0. The number of carbonyl (C=O) groups is 1. The van der Waals surface area contributed by atoms with Crippen molar-refractivity contribution in [2.45, 2.75) is 44.2 Å². The fraction of sp³-hybridized carbons (Fsp3) is 0.476. The highest BCUT2D eigenvalue weighted by molar-refractivity contribution is 5.76. The standard InChI is InChI=1S/C21H24FN3O3/c22-17-6-4-15(5-7-17)18-8-9-19(26)25(23-18)14-20(27)24-12-11-21(28)10-2-1-3-16(21)13-24/h4-9,16,28H,1-3,10-14H2/t16-,21+/m1/s1. The number of fused-ring (bicyclic) bond motifs is 1. The number of carbonyl (C=O) groups excluding carboxylic acids is 1. The Morgan fingerprint density at radius 2 is 1.96 bits per heavy atom. The molecule has 1 aliphatic heterocycles. The highest BCUT2D eigenvalue weighted by Gasteiger charge is 2.43. The van der Waals surface area contributed by atoms with Crippen molar-refractivity contribution in [2.75, 3.05) is 13.1 Å². The third kappa shape index (κ3) is 3.71. The van der Waals surface area contributed by atoms with Crippen LogP contribution in [0.1, 0.15) is 32.1 Å². The van der Waals surface area contributed by atoms with Gasteiger partial charge in [0.05, 0.1) is 11.3 Å². The molecule has 1 N–H and O–H groups in total. The Labute approximate surface area is 162 Å². The largest absolute Gasteiger partial charge is 0.389 e. The molecule has 148 valence electrons. The van der Waals surface area contributed by atoms with Crippen LogP contribution in [0.5, 0.6) is 0 Å². The molecule has 28 heavy (non-hydrogen) atoms. The number of aromatic nitrogens is 2. The molecule has 2 aliphatic rings. The van der Waals surface area contributed by atoms with Crippen molar-refractivity contribution in [2.24, 2.45) is 5.92 Å². The molecule has 0 unspecified atom stereocenters.